The molecule has 0 aliphatic carbocycles. The van der Waals surface area contributed by atoms with Gasteiger partial charge >= 0.3 is 0 Å². The number of hydrogen-bond donors (Lipinski definition) is 1. The van der Waals surface area contributed by atoms with Crippen LogP contribution in [0, 0.1) is 13.8 Å². The van der Waals surface area contributed by atoms with Gasteiger partial charge in [0.1, 0.15) is 0 Å². The number of nitrogens with one attached hydrogen (secondary N) is 1. The minimum atomic E-state index is -0.310. The number of benzene rings is 2. The van der Waals surface area contributed by atoms with Crippen LogP contribution in [0.15, 0.2) is 42.5 Å². The summed E-state index contributed by atoms with van der Waals surface area (Å²) in [5.41, 5.74) is 3.52. The first-order valence-electron chi connectivity index (χ1n) is 7.90. The molecule has 3 rings (SSSR count). The summed E-state index contributed by atoms with van der Waals surface area (Å²) in [5.74, 6) is -0.310. The van der Waals surface area contributed by atoms with Gasteiger partial charge in [-0.05, 0) is 43.7 Å². The van der Waals surface area contributed by atoms with Gasteiger partial charge in [-0.15, -0.1) is 0 Å². The second-order valence-electron chi connectivity index (χ2n) is 5.87. The number of amides is 1. The van der Waals surface area contributed by atoms with Crippen molar-refractivity contribution in [1.82, 2.24) is 9.78 Å². The number of aromatic nitrogens is 2. The third-order valence-electron chi connectivity index (χ3n) is 4.07. The SMILES string of the molecule is Cc1nn(Cc2ccccc2Cl)c(C)c1NC(=O)c1ccc(Cl)cc1Cl. The molecule has 1 amide bonds. The smallest absolute Gasteiger partial charge is 0.257 e. The Bertz CT molecular complexity index is 982. The van der Waals surface area contributed by atoms with Gasteiger partial charge in [0.15, 0.2) is 0 Å². The summed E-state index contributed by atoms with van der Waals surface area (Å²) >= 11 is 18.2. The molecule has 1 aromatic heterocycles. The summed E-state index contributed by atoms with van der Waals surface area (Å²) in [7, 11) is 0. The van der Waals surface area contributed by atoms with Crippen LogP contribution >= 0.6 is 34.8 Å². The minimum absolute atomic E-state index is 0.300. The second-order valence-corrected chi connectivity index (χ2v) is 7.12. The summed E-state index contributed by atoms with van der Waals surface area (Å²) in [6.45, 7) is 4.26. The molecule has 0 unspecified atom stereocenters. The van der Waals surface area contributed by atoms with Crippen LogP contribution in [0.5, 0.6) is 0 Å². The monoisotopic (exact) mass is 407 g/mol. The zero-order chi connectivity index (χ0) is 18.8. The van der Waals surface area contributed by atoms with Crippen molar-refractivity contribution in [3.8, 4) is 0 Å². The maximum atomic E-state index is 12.6. The Balaban J connectivity index is 1.86. The number of anilines is 1. The molecule has 1 N–H and O–H groups in total. The van der Waals surface area contributed by atoms with Gasteiger partial charge in [0.25, 0.3) is 5.91 Å². The fraction of sp³-hybridized carbons (Fsp3) is 0.158. The lowest BCUT2D eigenvalue weighted by Crippen LogP contribution is -2.14. The zero-order valence-corrected chi connectivity index (χ0v) is 16.5. The Morgan fingerprint density at radius 3 is 2.50 bits per heavy atom. The van der Waals surface area contributed by atoms with Crippen LogP contribution in [0.4, 0.5) is 5.69 Å². The highest BCUT2D eigenvalue weighted by molar-refractivity contribution is 6.37. The summed E-state index contributed by atoms with van der Waals surface area (Å²) in [6, 6.07) is 12.4. The molecule has 134 valence electrons. The van der Waals surface area contributed by atoms with Gasteiger partial charge in [0, 0.05) is 10.0 Å². The van der Waals surface area contributed by atoms with Crippen molar-refractivity contribution < 1.29 is 4.79 Å². The van der Waals surface area contributed by atoms with Crippen molar-refractivity contribution >= 4 is 46.4 Å². The molecular weight excluding hydrogens is 393 g/mol. The number of carbonyl (C=O) groups excluding carboxylic acids is 1. The summed E-state index contributed by atoms with van der Waals surface area (Å²) in [6.07, 6.45) is 0. The molecule has 0 fully saturated rings. The van der Waals surface area contributed by atoms with E-state index in [1.54, 1.807) is 18.2 Å². The van der Waals surface area contributed by atoms with Crippen LogP contribution in [0.1, 0.15) is 27.3 Å². The van der Waals surface area contributed by atoms with E-state index in [-0.39, 0.29) is 5.91 Å². The largest absolute Gasteiger partial charge is 0.319 e. The molecule has 0 saturated carbocycles. The molecular formula is C19H16Cl3N3O. The Morgan fingerprint density at radius 1 is 1.08 bits per heavy atom. The van der Waals surface area contributed by atoms with E-state index in [9.17, 15) is 4.79 Å². The number of halogens is 3. The van der Waals surface area contributed by atoms with Crippen molar-refractivity contribution in [1.29, 1.82) is 0 Å². The standard InChI is InChI=1S/C19H16Cl3N3O/c1-11-18(23-19(26)15-8-7-14(20)9-17(15)22)12(2)25(24-11)10-13-5-3-4-6-16(13)21/h3-9H,10H2,1-2H3,(H,23,26). The summed E-state index contributed by atoms with van der Waals surface area (Å²) in [5, 5.41) is 8.87. The number of rotatable bonds is 4. The van der Waals surface area contributed by atoms with E-state index in [2.05, 4.69) is 10.4 Å². The molecule has 0 radical (unpaired) electrons. The molecule has 2 aromatic carbocycles. The number of nitrogens with zero attached hydrogens (tertiary/aromatic N) is 2. The molecule has 1 heterocycles. The van der Waals surface area contributed by atoms with Gasteiger partial charge in [-0.3, -0.25) is 9.48 Å². The lowest BCUT2D eigenvalue weighted by atomic mass is 10.2. The first-order chi connectivity index (χ1) is 12.4. The summed E-state index contributed by atoms with van der Waals surface area (Å²) in [4.78, 5) is 12.6. The van der Waals surface area contributed by atoms with E-state index in [1.807, 2.05) is 42.8 Å². The molecule has 0 bridgehead atoms. The molecule has 0 spiro atoms. The van der Waals surface area contributed by atoms with E-state index in [4.69, 9.17) is 34.8 Å². The van der Waals surface area contributed by atoms with Gasteiger partial charge in [-0.25, -0.2) is 0 Å². The quantitative estimate of drug-likeness (QED) is 0.596. The number of carbonyl (C=O) groups is 1. The van der Waals surface area contributed by atoms with E-state index in [1.165, 1.54) is 0 Å². The predicted octanol–water partition coefficient (Wildman–Crippen LogP) is 5.76. The van der Waals surface area contributed by atoms with Crippen LogP contribution in [0.3, 0.4) is 0 Å². The third-order valence-corrected chi connectivity index (χ3v) is 4.99. The first kappa shape index (κ1) is 18.8. The highest BCUT2D eigenvalue weighted by Gasteiger charge is 2.17. The number of aryl methyl sites for hydroxylation is 1. The third kappa shape index (κ3) is 3.88. The van der Waals surface area contributed by atoms with Crippen LogP contribution in [0.2, 0.25) is 15.1 Å². The van der Waals surface area contributed by atoms with Crippen molar-refractivity contribution in [3.05, 3.63) is 80.0 Å². The molecule has 0 atom stereocenters. The van der Waals surface area contributed by atoms with Crippen molar-refractivity contribution in [2.24, 2.45) is 0 Å². The van der Waals surface area contributed by atoms with Gasteiger partial charge in [0.2, 0.25) is 0 Å². The molecule has 3 aromatic rings. The Hall–Kier alpha value is -2.01. The number of hydrogen-bond acceptors (Lipinski definition) is 2. The molecule has 0 aliphatic rings. The average molecular weight is 409 g/mol. The Kier molecular flexibility index (Phi) is 5.56. The van der Waals surface area contributed by atoms with E-state index in [0.29, 0.717) is 38.6 Å². The van der Waals surface area contributed by atoms with Crippen LogP contribution in [0.25, 0.3) is 0 Å². The Labute approximate surface area is 166 Å². The predicted molar refractivity (Wildman–Crippen MR) is 107 cm³/mol. The van der Waals surface area contributed by atoms with Gasteiger partial charge < -0.3 is 5.32 Å². The highest BCUT2D eigenvalue weighted by atomic mass is 35.5. The maximum Gasteiger partial charge on any atom is 0.257 e. The van der Waals surface area contributed by atoms with E-state index in [0.717, 1.165) is 11.3 Å². The van der Waals surface area contributed by atoms with Crippen molar-refractivity contribution in [3.63, 3.8) is 0 Å². The van der Waals surface area contributed by atoms with Crippen molar-refractivity contribution in [2.45, 2.75) is 20.4 Å². The van der Waals surface area contributed by atoms with Crippen LogP contribution in [-0.2, 0) is 6.54 Å². The highest BCUT2D eigenvalue weighted by Crippen LogP contribution is 2.26. The lowest BCUT2D eigenvalue weighted by Gasteiger charge is -2.09. The molecule has 0 aliphatic heterocycles. The van der Waals surface area contributed by atoms with Crippen LogP contribution < -0.4 is 5.32 Å². The molecule has 4 nitrogen and oxygen atoms in total. The Morgan fingerprint density at radius 2 is 1.81 bits per heavy atom. The van der Waals surface area contributed by atoms with Gasteiger partial charge in [0.05, 0.1) is 34.2 Å². The van der Waals surface area contributed by atoms with Gasteiger partial charge in [-0.2, -0.15) is 5.10 Å². The van der Waals surface area contributed by atoms with E-state index >= 15 is 0 Å². The van der Waals surface area contributed by atoms with E-state index < -0.39 is 0 Å². The zero-order valence-electron chi connectivity index (χ0n) is 14.2. The normalized spacial score (nSPS) is 10.8. The molecule has 0 saturated heterocycles. The fourth-order valence-electron chi connectivity index (χ4n) is 2.67. The minimum Gasteiger partial charge on any atom is -0.319 e. The maximum absolute atomic E-state index is 12.6. The summed E-state index contributed by atoms with van der Waals surface area (Å²) < 4.78 is 1.82. The first-order valence-corrected chi connectivity index (χ1v) is 9.04. The molecule has 7 heteroatoms. The van der Waals surface area contributed by atoms with Crippen molar-refractivity contribution in [2.75, 3.05) is 5.32 Å². The lowest BCUT2D eigenvalue weighted by molar-refractivity contribution is 0.102. The van der Waals surface area contributed by atoms with Crippen LogP contribution in [-0.4, -0.2) is 15.7 Å². The topological polar surface area (TPSA) is 46.9 Å². The fourth-order valence-corrected chi connectivity index (χ4v) is 3.36. The average Bonchev–Trinajstić information content (AvgIpc) is 2.84. The molecule has 26 heavy (non-hydrogen) atoms. The van der Waals surface area contributed by atoms with Gasteiger partial charge in [-0.1, -0.05) is 53.0 Å². The second kappa shape index (κ2) is 7.70.